The van der Waals surface area contributed by atoms with E-state index in [9.17, 15) is 48.9 Å². The first-order chi connectivity index (χ1) is 25.5. The lowest BCUT2D eigenvalue weighted by molar-refractivity contribution is -0.134. The second kappa shape index (κ2) is 19.5. The van der Waals surface area contributed by atoms with E-state index in [1.54, 1.807) is 58.0 Å². The van der Waals surface area contributed by atoms with Gasteiger partial charge in [0.05, 0.1) is 17.2 Å². The van der Waals surface area contributed by atoms with Crippen molar-refractivity contribution in [2.24, 2.45) is 17.6 Å². The SMILES string of the molecule is CC(C)C[C@H](NC(=O)C(NC(=O)[C@@H](N)CNC(=O)c1nnn[nH]1)C(C)C)C(=O)N[C@@H](Cc1ccccc1)[C@@H](O)C(=O)Nc1cc(C(=O)O)cc(C(=O)O)c1. The van der Waals surface area contributed by atoms with E-state index in [2.05, 4.69) is 47.2 Å². The van der Waals surface area contributed by atoms with Gasteiger partial charge in [0.15, 0.2) is 6.10 Å². The van der Waals surface area contributed by atoms with E-state index in [1.165, 1.54) is 0 Å². The van der Waals surface area contributed by atoms with Crippen molar-refractivity contribution in [1.82, 2.24) is 41.9 Å². The first kappa shape index (κ1) is 42.1. The minimum Gasteiger partial charge on any atom is -0.478 e. The zero-order valence-electron chi connectivity index (χ0n) is 29.9. The summed E-state index contributed by atoms with van der Waals surface area (Å²) in [4.78, 5) is 88.9. The van der Waals surface area contributed by atoms with Gasteiger partial charge in [0, 0.05) is 12.2 Å². The maximum absolute atomic E-state index is 13.8. The first-order valence-electron chi connectivity index (χ1n) is 16.8. The summed E-state index contributed by atoms with van der Waals surface area (Å²) in [5.74, 6) is -7.78. The highest BCUT2D eigenvalue weighted by molar-refractivity contribution is 6.00. The predicted octanol–water partition coefficient (Wildman–Crippen LogP) is -0.948. The number of H-pyrrole nitrogens is 1. The quantitative estimate of drug-likeness (QED) is 0.0706. The lowest BCUT2D eigenvalue weighted by Crippen LogP contribution is -2.60. The van der Waals surface area contributed by atoms with Crippen molar-refractivity contribution < 1.29 is 48.9 Å². The number of hydrogen-bond donors (Lipinski definition) is 10. The third kappa shape index (κ3) is 12.4. The fraction of sp³-hybridized carbons (Fsp3) is 0.412. The molecule has 20 nitrogen and oxygen atoms in total. The van der Waals surface area contributed by atoms with Gasteiger partial charge < -0.3 is 47.6 Å². The first-order valence-corrected chi connectivity index (χ1v) is 16.8. The average molecular weight is 753 g/mol. The molecule has 5 amide bonds. The van der Waals surface area contributed by atoms with Crippen LogP contribution in [0.4, 0.5) is 5.69 Å². The van der Waals surface area contributed by atoms with Gasteiger partial charge in [-0.3, -0.25) is 24.0 Å². The van der Waals surface area contributed by atoms with Crippen LogP contribution in [0.5, 0.6) is 0 Å². The van der Waals surface area contributed by atoms with Crippen molar-refractivity contribution in [1.29, 1.82) is 0 Å². The number of nitrogens with zero attached hydrogens (tertiary/aromatic N) is 3. The van der Waals surface area contributed by atoms with Gasteiger partial charge in [-0.2, -0.15) is 0 Å². The van der Waals surface area contributed by atoms with Crippen molar-refractivity contribution in [2.75, 3.05) is 11.9 Å². The van der Waals surface area contributed by atoms with Gasteiger partial charge in [-0.1, -0.05) is 58.0 Å². The largest absolute Gasteiger partial charge is 0.478 e. The number of carbonyl (C=O) groups is 7. The number of carboxylic acid groups (broad SMARTS) is 2. The Morgan fingerprint density at radius 2 is 1.44 bits per heavy atom. The van der Waals surface area contributed by atoms with Crippen LogP contribution in [0.15, 0.2) is 48.5 Å². The highest BCUT2D eigenvalue weighted by Gasteiger charge is 2.34. The van der Waals surface area contributed by atoms with Gasteiger partial charge >= 0.3 is 11.9 Å². The maximum atomic E-state index is 13.8. The number of tetrazole rings is 1. The van der Waals surface area contributed by atoms with Crippen LogP contribution in [-0.4, -0.2) is 114 Å². The van der Waals surface area contributed by atoms with Crippen LogP contribution in [0.2, 0.25) is 0 Å². The van der Waals surface area contributed by atoms with Crippen LogP contribution in [0.25, 0.3) is 0 Å². The Labute approximate surface area is 309 Å². The van der Waals surface area contributed by atoms with Gasteiger partial charge in [0.2, 0.25) is 23.5 Å². The molecule has 11 N–H and O–H groups in total. The fourth-order valence-electron chi connectivity index (χ4n) is 5.13. The van der Waals surface area contributed by atoms with Crippen molar-refractivity contribution in [2.45, 2.75) is 70.8 Å². The lowest BCUT2D eigenvalue weighted by atomic mass is 9.97. The summed E-state index contributed by atoms with van der Waals surface area (Å²) >= 11 is 0. The topological polar surface area (TPSA) is 321 Å². The zero-order chi connectivity index (χ0) is 40.1. The number of aromatic carboxylic acids is 2. The molecule has 2 aromatic carbocycles. The molecule has 0 aliphatic carbocycles. The van der Waals surface area contributed by atoms with Crippen molar-refractivity contribution in [3.05, 3.63) is 71.0 Å². The molecule has 5 atom stereocenters. The minimum absolute atomic E-state index is 0.0644. The number of carboxylic acids is 2. The van der Waals surface area contributed by atoms with Crippen LogP contribution >= 0.6 is 0 Å². The van der Waals surface area contributed by atoms with Gasteiger partial charge in [0.25, 0.3) is 11.8 Å². The van der Waals surface area contributed by atoms with Gasteiger partial charge in [0.1, 0.15) is 18.1 Å². The summed E-state index contributed by atoms with van der Waals surface area (Å²) < 4.78 is 0. The third-order valence-electron chi connectivity index (χ3n) is 7.94. The van der Waals surface area contributed by atoms with Crippen LogP contribution in [0.1, 0.15) is 71.0 Å². The fourth-order valence-corrected chi connectivity index (χ4v) is 5.13. The molecule has 1 heterocycles. The molecule has 0 saturated carbocycles. The summed E-state index contributed by atoms with van der Waals surface area (Å²) in [7, 11) is 0. The summed E-state index contributed by atoms with van der Waals surface area (Å²) in [5.41, 5.74) is 5.50. The molecular weight excluding hydrogens is 708 g/mol. The highest BCUT2D eigenvalue weighted by atomic mass is 16.4. The summed E-state index contributed by atoms with van der Waals surface area (Å²) in [5, 5.41) is 55.0. The van der Waals surface area contributed by atoms with E-state index in [1.807, 2.05) is 0 Å². The normalized spacial score (nSPS) is 13.9. The number of amides is 5. The molecule has 3 aromatic rings. The Balaban J connectivity index is 1.78. The van der Waals surface area contributed by atoms with Gasteiger partial charge in [-0.15, -0.1) is 5.10 Å². The average Bonchev–Trinajstić information content (AvgIpc) is 3.67. The Kier molecular flexibility index (Phi) is 15.2. The lowest BCUT2D eigenvalue weighted by Gasteiger charge is -2.29. The number of aliphatic hydroxyl groups excluding tert-OH is 1. The highest BCUT2D eigenvalue weighted by Crippen LogP contribution is 2.18. The van der Waals surface area contributed by atoms with E-state index in [4.69, 9.17) is 5.73 Å². The zero-order valence-corrected chi connectivity index (χ0v) is 29.9. The van der Waals surface area contributed by atoms with Crippen molar-refractivity contribution in [3.8, 4) is 0 Å². The van der Waals surface area contributed by atoms with Crippen LogP contribution < -0.4 is 32.3 Å². The molecule has 290 valence electrons. The molecule has 0 aliphatic heterocycles. The Hall–Kier alpha value is -6.28. The molecule has 20 heteroatoms. The molecule has 54 heavy (non-hydrogen) atoms. The number of nitrogens with two attached hydrogens (primary N) is 1. The van der Waals surface area contributed by atoms with E-state index in [0.717, 1.165) is 18.2 Å². The number of aromatic amines is 1. The number of anilines is 1. The molecule has 3 rings (SSSR count). The number of carbonyl (C=O) groups excluding carboxylic acids is 5. The monoisotopic (exact) mass is 752 g/mol. The molecule has 0 aliphatic rings. The van der Waals surface area contributed by atoms with Crippen molar-refractivity contribution in [3.63, 3.8) is 0 Å². The molecule has 0 radical (unpaired) electrons. The second-order valence-corrected chi connectivity index (χ2v) is 13.1. The maximum Gasteiger partial charge on any atom is 0.335 e. The smallest absolute Gasteiger partial charge is 0.335 e. The number of hydrogen-bond acceptors (Lipinski definition) is 12. The number of aliphatic hydroxyl groups is 1. The van der Waals surface area contributed by atoms with E-state index in [0.29, 0.717) is 5.56 Å². The molecule has 1 aromatic heterocycles. The Morgan fingerprint density at radius 3 is 1.98 bits per heavy atom. The second-order valence-electron chi connectivity index (χ2n) is 13.1. The predicted molar refractivity (Wildman–Crippen MR) is 190 cm³/mol. The minimum atomic E-state index is -1.95. The van der Waals surface area contributed by atoms with E-state index >= 15 is 0 Å². The summed E-state index contributed by atoms with van der Waals surface area (Å²) in [6.07, 6.45) is -1.90. The number of aromatic nitrogens is 4. The van der Waals surface area contributed by atoms with Gasteiger partial charge in [-0.05, 0) is 58.9 Å². The van der Waals surface area contributed by atoms with Crippen molar-refractivity contribution >= 4 is 47.2 Å². The molecule has 0 saturated heterocycles. The molecule has 0 spiro atoms. The van der Waals surface area contributed by atoms with Crippen LogP contribution in [0, 0.1) is 11.8 Å². The third-order valence-corrected chi connectivity index (χ3v) is 7.94. The summed E-state index contributed by atoms with van der Waals surface area (Å²) in [6, 6.07) is 6.54. The van der Waals surface area contributed by atoms with Gasteiger partial charge in [-0.25, -0.2) is 14.7 Å². The Morgan fingerprint density at radius 1 is 0.815 bits per heavy atom. The summed E-state index contributed by atoms with van der Waals surface area (Å²) in [6.45, 7) is 6.60. The Bertz CT molecular complexity index is 1770. The molecule has 1 unspecified atom stereocenters. The number of rotatable bonds is 19. The number of benzene rings is 2. The standard InChI is InChI=1S/C34H44N10O10/c1-16(2)10-24(39-30(48)25(17(3)4)40-28(46)22(35)15-36-32(50)27-41-43-44-42-27)29(47)38-23(11-18-8-6-5-7-9-18)26(45)31(49)37-21-13-19(33(51)52)12-20(14-21)34(53)54/h5-9,12-14,16-17,22-26,45H,10-11,15,35H2,1-4H3,(H,36,50)(H,37,49)(H,38,47)(H,39,48)(H,40,46)(H,51,52)(H,53,54)(H,41,42,43,44)/t22-,23-,24-,25?,26+/m0/s1. The van der Waals surface area contributed by atoms with E-state index < -0.39 is 88.8 Å². The molecule has 0 fully saturated rings. The van der Waals surface area contributed by atoms with E-state index in [-0.39, 0.29) is 36.8 Å². The van der Waals surface area contributed by atoms with Crippen LogP contribution in [-0.2, 0) is 25.6 Å². The molecule has 0 bridgehead atoms. The molecular formula is C34H44N10O10. The van der Waals surface area contributed by atoms with Crippen LogP contribution in [0.3, 0.4) is 0 Å². The number of nitrogens with one attached hydrogen (secondary N) is 6.